The van der Waals surface area contributed by atoms with Crippen LogP contribution in [0.3, 0.4) is 0 Å². The maximum absolute atomic E-state index is 13.5. The number of nitrogens with zero attached hydrogens (tertiary/aromatic N) is 3. The SMILES string of the molecule is N#Cc1cc(Cl)cc(Oc2c(C(F)(F)F)ncn(CC(N)=CC(C(N)=O)=C(C=N)C=N)c2=O)c1. The fourth-order valence-electron chi connectivity index (χ4n) is 2.60. The number of nitrogens with two attached hydrogens (primary N) is 2. The smallest absolute Gasteiger partial charge is 0.437 e. The van der Waals surface area contributed by atoms with Crippen LogP contribution in [-0.4, -0.2) is 27.9 Å². The molecule has 14 heteroatoms. The lowest BCUT2D eigenvalue weighted by Gasteiger charge is -2.15. The molecule has 0 aliphatic carbocycles. The van der Waals surface area contributed by atoms with E-state index in [0.29, 0.717) is 23.3 Å². The molecule has 0 fully saturated rings. The van der Waals surface area contributed by atoms with E-state index in [1.165, 1.54) is 6.07 Å². The van der Waals surface area contributed by atoms with Crippen LogP contribution in [0, 0.1) is 22.1 Å². The Bertz CT molecular complexity index is 1310. The molecule has 0 saturated heterocycles. The van der Waals surface area contributed by atoms with Gasteiger partial charge in [-0.2, -0.15) is 18.4 Å². The molecule has 1 aromatic carbocycles. The monoisotopic (exact) mass is 493 g/mol. The number of carbonyl (C=O) groups excluding carboxylic acids is 1. The van der Waals surface area contributed by atoms with Gasteiger partial charge >= 0.3 is 6.18 Å². The number of aromatic nitrogens is 2. The van der Waals surface area contributed by atoms with Crippen LogP contribution < -0.4 is 21.8 Å². The molecule has 0 unspecified atom stereocenters. The number of nitrogens with one attached hydrogen (secondary N) is 2. The number of allylic oxidation sites excluding steroid dienone is 2. The minimum Gasteiger partial charge on any atom is -0.449 e. The Balaban J connectivity index is 2.60. The Kier molecular flexibility index (Phi) is 7.94. The van der Waals surface area contributed by atoms with E-state index in [1.807, 2.05) is 0 Å². The van der Waals surface area contributed by atoms with Gasteiger partial charge in [-0.3, -0.25) is 14.2 Å². The van der Waals surface area contributed by atoms with Gasteiger partial charge < -0.3 is 27.0 Å². The number of primary amides is 1. The number of halogens is 4. The zero-order valence-corrected chi connectivity index (χ0v) is 17.7. The second-order valence-electron chi connectivity index (χ2n) is 6.48. The van der Waals surface area contributed by atoms with Crippen LogP contribution in [0.2, 0.25) is 5.02 Å². The third kappa shape index (κ3) is 6.08. The first-order valence-electron chi connectivity index (χ1n) is 8.97. The Morgan fingerprint density at radius 2 is 1.91 bits per heavy atom. The maximum Gasteiger partial charge on any atom is 0.437 e. The summed E-state index contributed by atoms with van der Waals surface area (Å²) in [6.07, 6.45) is -2.14. The van der Waals surface area contributed by atoms with E-state index in [9.17, 15) is 22.8 Å². The van der Waals surface area contributed by atoms with E-state index in [0.717, 1.165) is 18.2 Å². The van der Waals surface area contributed by atoms with Crippen LogP contribution in [0.5, 0.6) is 11.5 Å². The van der Waals surface area contributed by atoms with Gasteiger partial charge in [0.1, 0.15) is 5.75 Å². The van der Waals surface area contributed by atoms with Gasteiger partial charge in [0.05, 0.1) is 30.1 Å². The van der Waals surface area contributed by atoms with Gasteiger partial charge in [0.15, 0.2) is 5.69 Å². The lowest BCUT2D eigenvalue weighted by molar-refractivity contribution is -0.142. The second kappa shape index (κ2) is 10.5. The molecule has 10 nitrogen and oxygen atoms in total. The Morgan fingerprint density at radius 1 is 1.26 bits per heavy atom. The molecule has 1 heterocycles. The summed E-state index contributed by atoms with van der Waals surface area (Å²) in [5.41, 5.74) is 7.36. The highest BCUT2D eigenvalue weighted by atomic mass is 35.5. The fraction of sp³-hybridized carbons (Fsp3) is 0.100. The summed E-state index contributed by atoms with van der Waals surface area (Å²) in [6, 6.07) is 5.18. The van der Waals surface area contributed by atoms with Gasteiger partial charge in [0.25, 0.3) is 5.56 Å². The minimum absolute atomic E-state index is 0.0158. The molecule has 6 N–H and O–H groups in total. The quantitative estimate of drug-likeness (QED) is 0.248. The maximum atomic E-state index is 13.5. The first-order chi connectivity index (χ1) is 15.9. The van der Waals surface area contributed by atoms with Crippen molar-refractivity contribution in [3.63, 3.8) is 0 Å². The van der Waals surface area contributed by atoms with E-state index in [-0.39, 0.29) is 33.2 Å². The molecule has 2 aromatic rings. The number of ether oxygens (including phenoxy) is 1. The molecule has 0 saturated carbocycles. The van der Waals surface area contributed by atoms with Crippen LogP contribution in [0.4, 0.5) is 13.2 Å². The number of carbonyl (C=O) groups is 1. The molecule has 0 atom stereocenters. The average molecular weight is 494 g/mol. The molecular weight excluding hydrogens is 479 g/mol. The van der Waals surface area contributed by atoms with Crippen molar-refractivity contribution in [3.05, 3.63) is 74.1 Å². The number of amides is 1. The van der Waals surface area contributed by atoms with E-state index in [2.05, 4.69) is 4.98 Å². The number of hydrogen-bond donors (Lipinski definition) is 4. The van der Waals surface area contributed by atoms with Crippen LogP contribution in [0.15, 0.2) is 52.2 Å². The summed E-state index contributed by atoms with van der Waals surface area (Å²) in [6.45, 7) is -0.542. The third-order valence-corrected chi connectivity index (χ3v) is 4.27. The van der Waals surface area contributed by atoms with Crippen LogP contribution in [0.25, 0.3) is 0 Å². The van der Waals surface area contributed by atoms with Crippen molar-refractivity contribution in [1.82, 2.24) is 9.55 Å². The van der Waals surface area contributed by atoms with E-state index >= 15 is 0 Å². The summed E-state index contributed by atoms with van der Waals surface area (Å²) in [5, 5.41) is 23.4. The van der Waals surface area contributed by atoms with Crippen molar-refractivity contribution in [1.29, 1.82) is 16.1 Å². The van der Waals surface area contributed by atoms with Crippen LogP contribution in [-0.2, 0) is 17.5 Å². The molecule has 0 bridgehead atoms. The highest BCUT2D eigenvalue weighted by Gasteiger charge is 2.38. The lowest BCUT2D eigenvalue weighted by Crippen LogP contribution is -2.28. The highest BCUT2D eigenvalue weighted by Crippen LogP contribution is 2.35. The van der Waals surface area contributed by atoms with Gasteiger partial charge in [0.2, 0.25) is 11.7 Å². The zero-order chi connectivity index (χ0) is 25.6. The van der Waals surface area contributed by atoms with E-state index in [1.54, 1.807) is 6.07 Å². The summed E-state index contributed by atoms with van der Waals surface area (Å²) >= 11 is 5.84. The number of nitriles is 1. The normalized spacial score (nSPS) is 11.3. The average Bonchev–Trinajstić information content (AvgIpc) is 2.75. The number of benzene rings is 1. The van der Waals surface area contributed by atoms with E-state index in [4.69, 9.17) is 43.9 Å². The standard InChI is InChI=1S/C20H15ClF3N7O3/c21-12-1-10(5-25)2-14(3-12)34-16-17(20(22,23)24)30-9-31(19(16)33)8-13(28)4-15(18(29)32)11(6-26)7-27/h1-4,6-7,9,26-27H,8,28H2,(H2,29,32). The van der Waals surface area contributed by atoms with E-state index < -0.39 is 35.6 Å². The topological polar surface area (TPSA) is 185 Å². The number of alkyl halides is 3. The highest BCUT2D eigenvalue weighted by molar-refractivity contribution is 6.30. The predicted molar refractivity (Wildman–Crippen MR) is 116 cm³/mol. The Morgan fingerprint density at radius 3 is 2.44 bits per heavy atom. The van der Waals surface area contributed by atoms with Crippen molar-refractivity contribution in [2.45, 2.75) is 12.7 Å². The van der Waals surface area contributed by atoms with Crippen molar-refractivity contribution in [2.24, 2.45) is 11.5 Å². The van der Waals surface area contributed by atoms with Crippen molar-refractivity contribution >= 4 is 29.9 Å². The molecule has 1 amide bonds. The van der Waals surface area contributed by atoms with Gasteiger partial charge in [-0.1, -0.05) is 11.6 Å². The summed E-state index contributed by atoms with van der Waals surface area (Å²) < 4.78 is 46.2. The molecule has 0 spiro atoms. The molecule has 176 valence electrons. The van der Waals surface area contributed by atoms with Crippen molar-refractivity contribution in [3.8, 4) is 17.6 Å². The molecule has 34 heavy (non-hydrogen) atoms. The van der Waals surface area contributed by atoms with Gasteiger partial charge in [0, 0.05) is 28.7 Å². The third-order valence-electron chi connectivity index (χ3n) is 4.06. The number of rotatable bonds is 8. The Hall–Kier alpha value is -4.44. The number of hydrogen-bond acceptors (Lipinski definition) is 8. The van der Waals surface area contributed by atoms with Crippen molar-refractivity contribution < 1.29 is 22.7 Å². The van der Waals surface area contributed by atoms with Crippen molar-refractivity contribution in [2.75, 3.05) is 0 Å². The summed E-state index contributed by atoms with van der Waals surface area (Å²) in [4.78, 5) is 27.7. The largest absolute Gasteiger partial charge is 0.449 e. The second-order valence-corrected chi connectivity index (χ2v) is 6.92. The summed E-state index contributed by atoms with van der Waals surface area (Å²) in [5.74, 6) is -2.53. The summed E-state index contributed by atoms with van der Waals surface area (Å²) in [7, 11) is 0. The first kappa shape index (κ1) is 25.8. The lowest BCUT2D eigenvalue weighted by atomic mass is 10.1. The molecule has 2 rings (SSSR count). The molecule has 1 aromatic heterocycles. The fourth-order valence-corrected chi connectivity index (χ4v) is 2.83. The first-order valence-corrected chi connectivity index (χ1v) is 9.35. The molecule has 0 radical (unpaired) electrons. The van der Waals surface area contributed by atoms with Gasteiger partial charge in [-0.15, -0.1) is 0 Å². The molecule has 0 aliphatic heterocycles. The molecular formula is C20H15ClF3N7O3. The molecule has 0 aliphatic rings. The Labute approximate surface area is 194 Å². The predicted octanol–water partition coefficient (Wildman–Crippen LogP) is 2.50. The minimum atomic E-state index is -5.06. The van der Waals surface area contributed by atoms with Crippen LogP contribution >= 0.6 is 11.6 Å². The van der Waals surface area contributed by atoms with Gasteiger partial charge in [-0.25, -0.2) is 4.98 Å². The van der Waals surface area contributed by atoms with Crippen LogP contribution in [0.1, 0.15) is 11.3 Å². The zero-order valence-electron chi connectivity index (χ0n) is 17.0. The van der Waals surface area contributed by atoms with Gasteiger partial charge in [-0.05, 0) is 24.3 Å².